The van der Waals surface area contributed by atoms with Gasteiger partial charge in [0.25, 0.3) is 0 Å². The molecular weight excluding hydrogens is 358 g/mol. The molecule has 3 unspecified atom stereocenters. The first-order valence-electron chi connectivity index (χ1n) is 10.5. The fraction of sp³-hybridized carbons (Fsp3) is 0.905. The van der Waals surface area contributed by atoms with Gasteiger partial charge >= 0.3 is 0 Å². The summed E-state index contributed by atoms with van der Waals surface area (Å²) in [6, 6.07) is 0.105. The van der Waals surface area contributed by atoms with Crippen LogP contribution in [-0.4, -0.2) is 52.5 Å². The van der Waals surface area contributed by atoms with Gasteiger partial charge in [-0.1, -0.05) is 34.6 Å². The maximum atomic E-state index is 12.7. The molecule has 0 bridgehead atoms. The lowest BCUT2D eigenvalue weighted by atomic mass is 9.84. The molecule has 2 fully saturated rings. The highest BCUT2D eigenvalue weighted by Gasteiger charge is 2.44. The van der Waals surface area contributed by atoms with Gasteiger partial charge in [-0.05, 0) is 43.9 Å². The van der Waals surface area contributed by atoms with E-state index in [0.29, 0.717) is 12.3 Å². The molecule has 0 aromatic carbocycles. The molecule has 2 aliphatic rings. The number of amides is 2. The predicted molar refractivity (Wildman–Crippen MR) is 114 cm³/mol. The molecule has 0 radical (unpaired) electrons. The first-order valence-corrected chi connectivity index (χ1v) is 11.5. The van der Waals surface area contributed by atoms with Crippen LogP contribution in [0.25, 0.3) is 0 Å². The van der Waals surface area contributed by atoms with Crippen LogP contribution in [0.1, 0.15) is 73.6 Å². The van der Waals surface area contributed by atoms with E-state index in [1.807, 2.05) is 23.6 Å². The summed E-state index contributed by atoms with van der Waals surface area (Å²) in [5, 5.41) is 6.66. The zero-order valence-electron chi connectivity index (χ0n) is 18.1. The zero-order valence-corrected chi connectivity index (χ0v) is 18.9. The largest absolute Gasteiger partial charge is 0.352 e. The minimum Gasteiger partial charge on any atom is -0.352 e. The van der Waals surface area contributed by atoms with E-state index >= 15 is 0 Å². The lowest BCUT2D eigenvalue weighted by molar-refractivity contribution is -0.133. The molecule has 0 aromatic heterocycles. The molecule has 2 saturated heterocycles. The van der Waals surface area contributed by atoms with Crippen molar-refractivity contribution in [2.45, 2.75) is 90.6 Å². The SMILES string of the molecule is CCC(C)NC(=O)C1CSC2(CCN(C(=O)CC(C)CC(C)(C)C)CC2)N1. The molecule has 2 N–H and O–H groups in total. The Morgan fingerprint density at radius 3 is 2.44 bits per heavy atom. The second-order valence-electron chi connectivity index (χ2n) is 9.77. The van der Waals surface area contributed by atoms with Crippen LogP contribution in [0.2, 0.25) is 0 Å². The Kier molecular flexibility index (Phi) is 7.65. The summed E-state index contributed by atoms with van der Waals surface area (Å²) in [6.07, 6.45) is 4.50. The van der Waals surface area contributed by atoms with Crippen molar-refractivity contribution < 1.29 is 9.59 Å². The normalized spacial score (nSPS) is 24.7. The van der Waals surface area contributed by atoms with Crippen molar-refractivity contribution in [3.05, 3.63) is 0 Å². The Bertz CT molecular complexity index is 524. The highest BCUT2D eigenvalue weighted by atomic mass is 32.2. The quantitative estimate of drug-likeness (QED) is 0.721. The third-order valence-corrected chi connectivity index (χ3v) is 7.27. The van der Waals surface area contributed by atoms with Gasteiger partial charge in [-0.2, -0.15) is 0 Å². The third kappa shape index (κ3) is 6.67. The average Bonchev–Trinajstić information content (AvgIpc) is 2.97. The van der Waals surface area contributed by atoms with E-state index in [1.54, 1.807) is 0 Å². The van der Waals surface area contributed by atoms with Crippen molar-refractivity contribution in [2.24, 2.45) is 11.3 Å². The number of rotatable bonds is 6. The van der Waals surface area contributed by atoms with Gasteiger partial charge < -0.3 is 10.2 Å². The molecule has 1 spiro atoms. The van der Waals surface area contributed by atoms with Crippen LogP contribution in [0.3, 0.4) is 0 Å². The minimum atomic E-state index is -0.113. The monoisotopic (exact) mass is 397 g/mol. The molecule has 0 saturated carbocycles. The molecular formula is C21H39N3O2S. The smallest absolute Gasteiger partial charge is 0.238 e. The number of carbonyl (C=O) groups is 2. The maximum absolute atomic E-state index is 12.7. The lowest BCUT2D eigenvalue weighted by Gasteiger charge is -2.39. The Hall–Kier alpha value is -0.750. The number of hydrogen-bond donors (Lipinski definition) is 2. The van der Waals surface area contributed by atoms with Crippen LogP contribution in [0.15, 0.2) is 0 Å². The Morgan fingerprint density at radius 2 is 1.89 bits per heavy atom. The van der Waals surface area contributed by atoms with Gasteiger partial charge in [0.05, 0.1) is 10.9 Å². The van der Waals surface area contributed by atoms with E-state index in [1.165, 1.54) is 0 Å². The van der Waals surface area contributed by atoms with Crippen LogP contribution in [0.4, 0.5) is 0 Å². The number of nitrogens with zero attached hydrogens (tertiary/aromatic N) is 1. The number of nitrogens with one attached hydrogen (secondary N) is 2. The second-order valence-corrected chi connectivity index (χ2v) is 11.2. The average molecular weight is 398 g/mol. The molecule has 6 heteroatoms. The molecule has 27 heavy (non-hydrogen) atoms. The van der Waals surface area contributed by atoms with Gasteiger partial charge in [0.2, 0.25) is 11.8 Å². The first-order chi connectivity index (χ1) is 12.5. The summed E-state index contributed by atoms with van der Waals surface area (Å²) >= 11 is 1.86. The van der Waals surface area contributed by atoms with E-state index in [-0.39, 0.29) is 34.2 Å². The van der Waals surface area contributed by atoms with Gasteiger partial charge in [-0.15, -0.1) is 11.8 Å². The van der Waals surface area contributed by atoms with E-state index in [2.05, 4.69) is 45.3 Å². The first kappa shape index (κ1) is 22.5. The van der Waals surface area contributed by atoms with Gasteiger partial charge in [0.1, 0.15) is 0 Å². The predicted octanol–water partition coefficient (Wildman–Crippen LogP) is 3.39. The zero-order chi connectivity index (χ0) is 20.2. The molecule has 2 rings (SSSR count). The Labute approximate surface area is 169 Å². The number of piperidine rings is 1. The number of hydrogen-bond acceptors (Lipinski definition) is 4. The summed E-state index contributed by atoms with van der Waals surface area (Å²) < 4.78 is 0. The van der Waals surface area contributed by atoms with Gasteiger partial charge in [0, 0.05) is 31.3 Å². The molecule has 2 amide bonds. The topological polar surface area (TPSA) is 61.4 Å². The van der Waals surface area contributed by atoms with E-state index in [9.17, 15) is 9.59 Å². The van der Waals surface area contributed by atoms with Crippen LogP contribution < -0.4 is 10.6 Å². The van der Waals surface area contributed by atoms with E-state index in [4.69, 9.17) is 0 Å². The highest BCUT2D eigenvalue weighted by Crippen LogP contribution is 2.39. The van der Waals surface area contributed by atoms with Gasteiger partial charge in [-0.3, -0.25) is 14.9 Å². The molecule has 5 nitrogen and oxygen atoms in total. The Balaban J connectivity index is 1.79. The summed E-state index contributed by atoms with van der Waals surface area (Å²) in [6.45, 7) is 14.6. The van der Waals surface area contributed by atoms with Crippen LogP contribution in [0.5, 0.6) is 0 Å². The molecule has 3 atom stereocenters. The van der Waals surface area contributed by atoms with Crippen molar-refractivity contribution in [3.8, 4) is 0 Å². The minimum absolute atomic E-state index is 0.0364. The summed E-state index contributed by atoms with van der Waals surface area (Å²) in [4.78, 5) is 27.0. The molecule has 2 aliphatic heterocycles. The fourth-order valence-electron chi connectivity index (χ4n) is 4.18. The second kappa shape index (κ2) is 9.17. The third-order valence-electron chi connectivity index (χ3n) is 5.69. The van der Waals surface area contributed by atoms with E-state index in [0.717, 1.165) is 44.5 Å². The highest BCUT2D eigenvalue weighted by molar-refractivity contribution is 8.01. The van der Waals surface area contributed by atoms with Crippen LogP contribution in [-0.2, 0) is 9.59 Å². The van der Waals surface area contributed by atoms with Crippen molar-refractivity contribution in [1.29, 1.82) is 0 Å². The van der Waals surface area contributed by atoms with Crippen molar-refractivity contribution >= 4 is 23.6 Å². The lowest BCUT2D eigenvalue weighted by Crippen LogP contribution is -2.55. The summed E-state index contributed by atoms with van der Waals surface area (Å²) in [5.74, 6) is 1.64. The fourth-order valence-corrected chi connectivity index (χ4v) is 5.60. The van der Waals surface area contributed by atoms with Crippen molar-refractivity contribution in [3.63, 3.8) is 0 Å². The molecule has 0 aromatic rings. The van der Waals surface area contributed by atoms with Crippen molar-refractivity contribution in [2.75, 3.05) is 18.8 Å². The molecule has 0 aliphatic carbocycles. The van der Waals surface area contributed by atoms with Crippen LogP contribution in [0, 0.1) is 11.3 Å². The standard InChI is InChI=1S/C21H39N3O2S/c1-7-16(3)22-19(26)17-14-27-21(23-17)8-10-24(11-9-21)18(25)12-15(2)13-20(4,5)6/h15-17,23H,7-14H2,1-6H3,(H,22,26). The van der Waals surface area contributed by atoms with Crippen LogP contribution >= 0.6 is 11.8 Å². The van der Waals surface area contributed by atoms with Gasteiger partial charge in [0.15, 0.2) is 0 Å². The maximum Gasteiger partial charge on any atom is 0.238 e. The summed E-state index contributed by atoms with van der Waals surface area (Å²) in [7, 11) is 0. The van der Waals surface area contributed by atoms with Gasteiger partial charge in [-0.25, -0.2) is 0 Å². The number of likely N-dealkylation sites (tertiary alicyclic amines) is 1. The van der Waals surface area contributed by atoms with Crippen molar-refractivity contribution in [1.82, 2.24) is 15.5 Å². The van der Waals surface area contributed by atoms with E-state index < -0.39 is 0 Å². The summed E-state index contributed by atoms with van der Waals surface area (Å²) in [5.41, 5.74) is 0.265. The number of thioether (sulfide) groups is 1. The molecule has 2 heterocycles. The Morgan fingerprint density at radius 1 is 1.26 bits per heavy atom. The number of carbonyl (C=O) groups excluding carboxylic acids is 2. The molecule has 156 valence electrons.